The van der Waals surface area contributed by atoms with E-state index >= 15 is 0 Å². The molecule has 0 bridgehead atoms. The fourth-order valence-electron chi connectivity index (χ4n) is 0.657. The summed E-state index contributed by atoms with van der Waals surface area (Å²) in [5, 5.41) is 0. The summed E-state index contributed by atoms with van der Waals surface area (Å²) in [6, 6.07) is 0. The van der Waals surface area contributed by atoms with Crippen LogP contribution in [0.4, 0.5) is 13.2 Å². The lowest BCUT2D eigenvalue weighted by atomic mass is 10.3. The van der Waals surface area contributed by atoms with E-state index in [1.165, 1.54) is 6.92 Å². The second kappa shape index (κ2) is 6.39. The molecule has 15 heavy (non-hydrogen) atoms. The van der Waals surface area contributed by atoms with Gasteiger partial charge < -0.3 is 9.47 Å². The Kier molecular flexibility index (Phi) is 5.92. The first kappa shape index (κ1) is 13.9. The largest absolute Gasteiger partial charge is 0.463 e. The van der Waals surface area contributed by atoms with Gasteiger partial charge in [-0.3, -0.25) is 9.59 Å². The molecule has 0 radical (unpaired) electrons. The van der Waals surface area contributed by atoms with Crippen molar-refractivity contribution < 1.29 is 32.2 Å². The highest BCUT2D eigenvalue weighted by molar-refractivity contribution is 5.94. The SMILES string of the molecule is CC(=O)CC(=O)OCCOCC(F)(F)F. The molecule has 0 N–H and O–H groups in total. The standard InChI is InChI=1S/C8H11F3O4/c1-6(12)4-7(13)15-3-2-14-5-8(9,10)11/h2-5H2,1H3. The predicted molar refractivity (Wildman–Crippen MR) is 43.1 cm³/mol. The van der Waals surface area contributed by atoms with E-state index < -0.39 is 18.8 Å². The van der Waals surface area contributed by atoms with E-state index in [-0.39, 0.29) is 25.4 Å². The van der Waals surface area contributed by atoms with Gasteiger partial charge in [0.25, 0.3) is 0 Å². The number of hydrogen-bond acceptors (Lipinski definition) is 4. The number of Topliss-reactive ketones (excluding diaryl/α,β-unsaturated/α-hetero) is 1. The van der Waals surface area contributed by atoms with E-state index in [9.17, 15) is 22.8 Å². The summed E-state index contributed by atoms with van der Waals surface area (Å²) in [7, 11) is 0. The van der Waals surface area contributed by atoms with Crippen molar-refractivity contribution in [3.8, 4) is 0 Å². The van der Waals surface area contributed by atoms with Crippen LogP contribution in [0.5, 0.6) is 0 Å². The first-order valence-corrected chi connectivity index (χ1v) is 4.11. The van der Waals surface area contributed by atoms with E-state index in [0.29, 0.717) is 0 Å². The zero-order chi connectivity index (χ0) is 11.9. The average molecular weight is 228 g/mol. The van der Waals surface area contributed by atoms with E-state index in [2.05, 4.69) is 9.47 Å². The van der Waals surface area contributed by atoms with Crippen LogP contribution < -0.4 is 0 Å². The number of ketones is 1. The molecule has 0 aromatic carbocycles. The number of carbonyl (C=O) groups excluding carboxylic acids is 2. The van der Waals surface area contributed by atoms with Crippen LogP contribution in [0.25, 0.3) is 0 Å². The highest BCUT2D eigenvalue weighted by atomic mass is 19.4. The molecule has 0 spiro atoms. The van der Waals surface area contributed by atoms with E-state index in [1.54, 1.807) is 0 Å². The molecule has 4 nitrogen and oxygen atoms in total. The van der Waals surface area contributed by atoms with Gasteiger partial charge in [0, 0.05) is 0 Å². The maximum absolute atomic E-state index is 11.5. The number of hydrogen-bond donors (Lipinski definition) is 0. The molecule has 0 amide bonds. The summed E-state index contributed by atoms with van der Waals surface area (Å²) in [5.41, 5.74) is 0. The molecule has 0 saturated heterocycles. The molecule has 0 atom stereocenters. The molecule has 0 aromatic heterocycles. The fraction of sp³-hybridized carbons (Fsp3) is 0.750. The van der Waals surface area contributed by atoms with Gasteiger partial charge in [0.15, 0.2) is 0 Å². The minimum atomic E-state index is -4.39. The van der Waals surface area contributed by atoms with Gasteiger partial charge in [0.1, 0.15) is 25.4 Å². The third-order valence-corrected chi connectivity index (χ3v) is 1.15. The summed E-state index contributed by atoms with van der Waals surface area (Å²) in [6.45, 7) is -0.802. The minimum absolute atomic E-state index is 0.289. The number of halogens is 3. The maximum Gasteiger partial charge on any atom is 0.411 e. The number of alkyl halides is 3. The lowest BCUT2D eigenvalue weighted by molar-refractivity contribution is -0.177. The van der Waals surface area contributed by atoms with Crippen molar-refractivity contribution in [2.45, 2.75) is 19.5 Å². The van der Waals surface area contributed by atoms with Crippen molar-refractivity contribution in [3.05, 3.63) is 0 Å². The van der Waals surface area contributed by atoms with Gasteiger partial charge in [-0.25, -0.2) is 0 Å². The van der Waals surface area contributed by atoms with E-state index in [4.69, 9.17) is 0 Å². The highest BCUT2D eigenvalue weighted by Gasteiger charge is 2.27. The van der Waals surface area contributed by atoms with Gasteiger partial charge in [-0.05, 0) is 6.92 Å². The normalized spacial score (nSPS) is 11.2. The van der Waals surface area contributed by atoms with E-state index in [0.717, 1.165) is 0 Å². The second-order valence-electron chi connectivity index (χ2n) is 2.77. The Hall–Kier alpha value is -1.11. The summed E-state index contributed by atoms with van der Waals surface area (Å²) >= 11 is 0. The van der Waals surface area contributed by atoms with Gasteiger partial charge in [-0.1, -0.05) is 0 Å². The topological polar surface area (TPSA) is 52.6 Å². The Morgan fingerprint density at radius 3 is 2.27 bits per heavy atom. The van der Waals surface area contributed by atoms with Crippen molar-refractivity contribution in [3.63, 3.8) is 0 Å². The first-order valence-electron chi connectivity index (χ1n) is 4.11. The van der Waals surface area contributed by atoms with Gasteiger partial charge >= 0.3 is 12.1 Å². The molecule has 0 rings (SSSR count). The Bertz CT molecular complexity index is 224. The number of ether oxygens (including phenoxy) is 2. The monoisotopic (exact) mass is 228 g/mol. The van der Waals surface area contributed by atoms with Gasteiger partial charge in [0.05, 0.1) is 6.61 Å². The molecule has 88 valence electrons. The van der Waals surface area contributed by atoms with Crippen LogP contribution >= 0.6 is 0 Å². The van der Waals surface area contributed by atoms with Crippen LogP contribution in [0, 0.1) is 0 Å². The average Bonchev–Trinajstić information content (AvgIpc) is 1.99. The zero-order valence-electron chi connectivity index (χ0n) is 8.10. The summed E-state index contributed by atoms with van der Waals surface area (Å²) in [5.74, 6) is -1.13. The Morgan fingerprint density at radius 1 is 1.20 bits per heavy atom. The fourth-order valence-corrected chi connectivity index (χ4v) is 0.657. The summed E-state index contributed by atoms with van der Waals surface area (Å²) < 4.78 is 43.2. The molecule has 0 aromatic rings. The van der Waals surface area contributed by atoms with Crippen molar-refractivity contribution in [2.24, 2.45) is 0 Å². The molecular formula is C8H11F3O4. The van der Waals surface area contributed by atoms with Crippen LogP contribution in [0.1, 0.15) is 13.3 Å². The molecule has 0 unspecified atom stereocenters. The van der Waals surface area contributed by atoms with Crippen LogP contribution in [0.2, 0.25) is 0 Å². The lowest BCUT2D eigenvalue weighted by Gasteiger charge is -2.07. The van der Waals surface area contributed by atoms with Crippen molar-refractivity contribution in [1.82, 2.24) is 0 Å². The molecule has 7 heteroatoms. The summed E-state index contributed by atoms with van der Waals surface area (Å²) in [6.07, 6.45) is -4.76. The quantitative estimate of drug-likeness (QED) is 0.388. The summed E-state index contributed by atoms with van der Waals surface area (Å²) in [4.78, 5) is 21.1. The maximum atomic E-state index is 11.5. The minimum Gasteiger partial charge on any atom is -0.463 e. The zero-order valence-corrected chi connectivity index (χ0v) is 8.10. The molecule has 0 aliphatic carbocycles. The van der Waals surface area contributed by atoms with Crippen LogP contribution in [0.15, 0.2) is 0 Å². The first-order chi connectivity index (χ1) is 6.81. The third-order valence-electron chi connectivity index (χ3n) is 1.15. The van der Waals surface area contributed by atoms with Crippen molar-refractivity contribution in [1.29, 1.82) is 0 Å². The molecule has 0 saturated carbocycles. The van der Waals surface area contributed by atoms with Gasteiger partial charge in [-0.15, -0.1) is 0 Å². The van der Waals surface area contributed by atoms with Gasteiger partial charge in [-0.2, -0.15) is 13.2 Å². The Morgan fingerprint density at radius 2 is 1.80 bits per heavy atom. The Balaban J connectivity index is 3.39. The van der Waals surface area contributed by atoms with Crippen LogP contribution in [-0.4, -0.2) is 37.7 Å². The van der Waals surface area contributed by atoms with Gasteiger partial charge in [0.2, 0.25) is 0 Å². The number of carbonyl (C=O) groups is 2. The third kappa shape index (κ3) is 10.8. The molecule has 0 aliphatic heterocycles. The molecule has 0 aliphatic rings. The second-order valence-corrected chi connectivity index (χ2v) is 2.77. The molecule has 0 fully saturated rings. The molecule has 0 heterocycles. The van der Waals surface area contributed by atoms with E-state index in [1.807, 2.05) is 0 Å². The number of rotatable bonds is 6. The van der Waals surface area contributed by atoms with Crippen LogP contribution in [-0.2, 0) is 19.1 Å². The molecular weight excluding hydrogens is 217 g/mol. The predicted octanol–water partition coefficient (Wildman–Crippen LogP) is 1.09. The lowest BCUT2D eigenvalue weighted by Crippen LogP contribution is -2.20. The highest BCUT2D eigenvalue weighted by Crippen LogP contribution is 2.13. The Labute approximate surface area is 84.3 Å². The van der Waals surface area contributed by atoms with Crippen molar-refractivity contribution in [2.75, 3.05) is 19.8 Å². The van der Waals surface area contributed by atoms with Crippen molar-refractivity contribution >= 4 is 11.8 Å². The smallest absolute Gasteiger partial charge is 0.411 e. The number of esters is 1. The van der Waals surface area contributed by atoms with Crippen LogP contribution in [0.3, 0.4) is 0 Å².